The van der Waals surface area contributed by atoms with Crippen molar-refractivity contribution in [1.29, 1.82) is 0 Å². The zero-order valence-electron chi connectivity index (χ0n) is 24.0. The minimum atomic E-state index is -0.155. The first-order chi connectivity index (χ1) is 20.7. The highest BCUT2D eigenvalue weighted by molar-refractivity contribution is 6.31. The summed E-state index contributed by atoms with van der Waals surface area (Å²) in [7, 11) is 0. The summed E-state index contributed by atoms with van der Waals surface area (Å²) in [5.74, 6) is 0.428. The normalized spacial score (nSPS) is 19.0. The van der Waals surface area contributed by atoms with Crippen LogP contribution in [0.4, 0.5) is 0 Å². The van der Waals surface area contributed by atoms with Gasteiger partial charge in [-0.1, -0.05) is 103 Å². The topological polar surface area (TPSA) is 50.8 Å². The molecule has 6 heteroatoms. The van der Waals surface area contributed by atoms with E-state index in [-0.39, 0.29) is 18.0 Å². The predicted octanol–water partition coefficient (Wildman–Crippen LogP) is 6.98. The summed E-state index contributed by atoms with van der Waals surface area (Å²) >= 11 is 6.62. The zero-order chi connectivity index (χ0) is 29.0. The molecule has 1 N–H and O–H groups in total. The molecule has 4 aromatic carbocycles. The SMILES string of the molecule is O=C1N[C@@H](Cc2ccccc2)COCCCCN(Cc2ccccc2Cl)[C@@H](Cc2ccccc2)COc2ccccc21. The summed E-state index contributed by atoms with van der Waals surface area (Å²) in [5.41, 5.74) is 4.02. The van der Waals surface area contributed by atoms with Gasteiger partial charge in [0.15, 0.2) is 0 Å². The van der Waals surface area contributed by atoms with Gasteiger partial charge in [0.25, 0.3) is 5.91 Å². The highest BCUT2D eigenvalue weighted by Gasteiger charge is 2.24. The average molecular weight is 583 g/mol. The van der Waals surface area contributed by atoms with Crippen LogP contribution in [0.1, 0.15) is 39.9 Å². The number of halogens is 1. The summed E-state index contributed by atoms with van der Waals surface area (Å²) in [6.45, 7) is 3.11. The number of hydrogen-bond acceptors (Lipinski definition) is 4. The van der Waals surface area contributed by atoms with E-state index in [2.05, 4.69) is 52.7 Å². The molecule has 0 saturated carbocycles. The van der Waals surface area contributed by atoms with Crippen molar-refractivity contribution in [2.45, 2.75) is 44.3 Å². The lowest BCUT2D eigenvalue weighted by atomic mass is 10.0. The standard InChI is InChI=1S/C36H39ClN2O3/c37-34-19-9-7-17-30(34)25-39-21-11-12-22-41-26-31(23-28-13-3-1-4-14-28)38-36(40)33-18-8-10-20-35(33)42-27-32(39)24-29-15-5-2-6-16-29/h1-10,13-20,31-32H,11-12,21-27H2,(H,38,40)/t31-,32-/m0/s1. The van der Waals surface area contributed by atoms with Crippen LogP contribution >= 0.6 is 11.6 Å². The zero-order valence-corrected chi connectivity index (χ0v) is 24.7. The van der Waals surface area contributed by atoms with Gasteiger partial charge >= 0.3 is 0 Å². The van der Waals surface area contributed by atoms with Crippen LogP contribution in [0.15, 0.2) is 109 Å². The van der Waals surface area contributed by atoms with E-state index in [1.54, 1.807) is 0 Å². The van der Waals surface area contributed by atoms with Crippen molar-refractivity contribution in [3.63, 3.8) is 0 Å². The maximum atomic E-state index is 13.6. The lowest BCUT2D eigenvalue weighted by Crippen LogP contribution is -2.41. The summed E-state index contributed by atoms with van der Waals surface area (Å²) in [4.78, 5) is 16.1. The number of benzene rings is 4. The Morgan fingerprint density at radius 1 is 0.762 bits per heavy atom. The first-order valence-corrected chi connectivity index (χ1v) is 15.2. The molecule has 0 fully saturated rings. The van der Waals surface area contributed by atoms with E-state index >= 15 is 0 Å². The van der Waals surface area contributed by atoms with Gasteiger partial charge in [-0.2, -0.15) is 0 Å². The van der Waals surface area contributed by atoms with Crippen LogP contribution in [0, 0.1) is 0 Å². The monoisotopic (exact) mass is 582 g/mol. The number of nitrogens with one attached hydrogen (secondary N) is 1. The molecular weight excluding hydrogens is 544 g/mol. The van der Waals surface area contributed by atoms with Gasteiger partial charge in [0.05, 0.1) is 18.2 Å². The van der Waals surface area contributed by atoms with Crippen molar-refractivity contribution in [3.05, 3.63) is 136 Å². The Hall–Kier alpha value is -3.64. The molecule has 0 bridgehead atoms. The van der Waals surface area contributed by atoms with Crippen LogP contribution in [-0.4, -0.2) is 49.3 Å². The predicted molar refractivity (Wildman–Crippen MR) is 169 cm³/mol. The number of carbonyl (C=O) groups is 1. The second-order valence-corrected chi connectivity index (χ2v) is 11.3. The van der Waals surface area contributed by atoms with Gasteiger partial charge in [0.1, 0.15) is 12.4 Å². The molecule has 0 unspecified atom stereocenters. The van der Waals surface area contributed by atoms with Crippen LogP contribution in [0.2, 0.25) is 5.02 Å². The van der Waals surface area contributed by atoms with Crippen molar-refractivity contribution in [3.8, 4) is 5.75 Å². The van der Waals surface area contributed by atoms with E-state index in [9.17, 15) is 4.79 Å². The molecule has 1 heterocycles. The van der Waals surface area contributed by atoms with Gasteiger partial charge in [-0.05, 0) is 67.1 Å². The Morgan fingerprint density at radius 2 is 1.43 bits per heavy atom. The number of fused-ring (bicyclic) bond motifs is 1. The summed E-state index contributed by atoms with van der Waals surface area (Å²) < 4.78 is 12.6. The number of amides is 1. The van der Waals surface area contributed by atoms with Crippen molar-refractivity contribution < 1.29 is 14.3 Å². The van der Waals surface area contributed by atoms with Crippen LogP contribution in [-0.2, 0) is 24.1 Å². The number of carbonyl (C=O) groups excluding carboxylic acids is 1. The molecule has 0 aliphatic carbocycles. The molecule has 1 aliphatic rings. The van der Waals surface area contributed by atoms with E-state index in [1.807, 2.05) is 66.7 Å². The van der Waals surface area contributed by atoms with Gasteiger partial charge in [0.2, 0.25) is 0 Å². The third-order valence-electron chi connectivity index (χ3n) is 7.69. The fraction of sp³-hybridized carbons (Fsp3) is 0.306. The lowest BCUT2D eigenvalue weighted by Gasteiger charge is -2.32. The van der Waals surface area contributed by atoms with Crippen LogP contribution in [0.5, 0.6) is 5.75 Å². The van der Waals surface area contributed by atoms with E-state index in [0.717, 1.165) is 42.0 Å². The first kappa shape index (κ1) is 29.8. The van der Waals surface area contributed by atoms with Crippen molar-refractivity contribution in [2.24, 2.45) is 0 Å². The minimum absolute atomic E-state index is 0.0664. The molecule has 5 rings (SSSR count). The van der Waals surface area contributed by atoms with Gasteiger partial charge in [-0.15, -0.1) is 0 Å². The molecule has 0 spiro atoms. The van der Waals surface area contributed by atoms with E-state index in [0.29, 0.717) is 44.1 Å². The summed E-state index contributed by atoms with van der Waals surface area (Å²) in [6.07, 6.45) is 3.40. The van der Waals surface area contributed by atoms with Gasteiger partial charge < -0.3 is 14.8 Å². The molecule has 0 saturated heterocycles. The molecule has 0 aromatic heterocycles. The highest BCUT2D eigenvalue weighted by atomic mass is 35.5. The second-order valence-electron chi connectivity index (χ2n) is 10.9. The van der Waals surface area contributed by atoms with Gasteiger partial charge in [-0.25, -0.2) is 0 Å². The van der Waals surface area contributed by atoms with Gasteiger partial charge in [-0.3, -0.25) is 9.69 Å². The Morgan fingerprint density at radius 3 is 2.19 bits per heavy atom. The maximum Gasteiger partial charge on any atom is 0.255 e. The molecular formula is C36H39ClN2O3. The van der Waals surface area contributed by atoms with Crippen LogP contribution < -0.4 is 10.1 Å². The summed E-state index contributed by atoms with van der Waals surface area (Å²) in [5, 5.41) is 3.99. The molecule has 1 amide bonds. The fourth-order valence-corrected chi connectivity index (χ4v) is 5.64. The molecule has 218 valence electrons. The first-order valence-electron chi connectivity index (χ1n) is 14.8. The molecule has 42 heavy (non-hydrogen) atoms. The van der Waals surface area contributed by atoms with Crippen LogP contribution in [0.3, 0.4) is 0 Å². The lowest BCUT2D eigenvalue weighted by molar-refractivity contribution is 0.0819. The third kappa shape index (κ3) is 8.68. The Bertz CT molecular complexity index is 1400. The molecule has 1 aliphatic heterocycles. The number of nitrogens with zero attached hydrogens (tertiary/aromatic N) is 1. The van der Waals surface area contributed by atoms with Crippen molar-refractivity contribution >= 4 is 17.5 Å². The Kier molecular flexibility index (Phi) is 11.0. The third-order valence-corrected chi connectivity index (χ3v) is 8.06. The molecule has 2 atom stereocenters. The quantitative estimate of drug-likeness (QED) is 0.266. The van der Waals surface area contributed by atoms with E-state index < -0.39 is 0 Å². The average Bonchev–Trinajstić information content (AvgIpc) is 3.02. The van der Waals surface area contributed by atoms with Gasteiger partial charge in [0, 0.05) is 24.2 Å². The highest BCUT2D eigenvalue weighted by Crippen LogP contribution is 2.23. The number of rotatable bonds is 6. The number of ether oxygens (including phenoxy) is 2. The number of hydrogen-bond donors (Lipinski definition) is 1. The number of para-hydroxylation sites is 1. The summed E-state index contributed by atoms with van der Waals surface area (Å²) in [6, 6.07) is 36.2. The van der Waals surface area contributed by atoms with E-state index in [1.165, 1.54) is 5.56 Å². The molecule has 4 aromatic rings. The fourth-order valence-electron chi connectivity index (χ4n) is 5.44. The largest absolute Gasteiger partial charge is 0.491 e. The molecule has 0 radical (unpaired) electrons. The maximum absolute atomic E-state index is 13.6. The smallest absolute Gasteiger partial charge is 0.255 e. The van der Waals surface area contributed by atoms with E-state index in [4.69, 9.17) is 21.1 Å². The van der Waals surface area contributed by atoms with Crippen LogP contribution in [0.25, 0.3) is 0 Å². The minimum Gasteiger partial charge on any atom is -0.491 e. The Balaban J connectivity index is 1.41. The molecule has 5 nitrogen and oxygen atoms in total. The second kappa shape index (κ2) is 15.5. The van der Waals surface area contributed by atoms with Crippen molar-refractivity contribution in [1.82, 2.24) is 10.2 Å². The Labute approximate surface area is 254 Å². The van der Waals surface area contributed by atoms with Crippen molar-refractivity contribution in [2.75, 3.05) is 26.4 Å².